The second-order valence-electron chi connectivity index (χ2n) is 4.59. The van der Waals surface area contributed by atoms with Gasteiger partial charge < -0.3 is 4.74 Å². The van der Waals surface area contributed by atoms with Crippen LogP contribution in [0.2, 0.25) is 5.02 Å². The number of ether oxygens (including phenoxy) is 1. The highest BCUT2D eigenvalue weighted by Crippen LogP contribution is 2.23. The van der Waals surface area contributed by atoms with E-state index in [1.165, 1.54) is 7.11 Å². The standard InChI is InChI=1S/C15H16ClNO3S/c1-11-3-6-14(7-4-11)21(18,19)17-10-12-9-13(16)5-8-15(12)20-2/h3-9,17H,10H2,1-2H3. The molecule has 1 N–H and O–H groups in total. The molecule has 112 valence electrons. The smallest absolute Gasteiger partial charge is 0.240 e. The van der Waals surface area contributed by atoms with Crippen molar-refractivity contribution in [3.63, 3.8) is 0 Å². The van der Waals surface area contributed by atoms with Gasteiger partial charge >= 0.3 is 0 Å². The number of hydrogen-bond donors (Lipinski definition) is 1. The number of methoxy groups -OCH3 is 1. The van der Waals surface area contributed by atoms with E-state index in [1.807, 2.05) is 6.92 Å². The van der Waals surface area contributed by atoms with Gasteiger partial charge in [-0.25, -0.2) is 13.1 Å². The van der Waals surface area contributed by atoms with Gasteiger partial charge in [-0.15, -0.1) is 0 Å². The molecule has 0 aliphatic heterocycles. The molecule has 0 aliphatic carbocycles. The molecule has 0 bridgehead atoms. The molecule has 0 atom stereocenters. The molecule has 0 saturated carbocycles. The Labute approximate surface area is 129 Å². The Balaban J connectivity index is 2.19. The van der Waals surface area contributed by atoms with Crippen LogP contribution in [0.15, 0.2) is 47.4 Å². The van der Waals surface area contributed by atoms with Gasteiger partial charge in [0.05, 0.1) is 12.0 Å². The van der Waals surface area contributed by atoms with Crippen LogP contribution in [0.4, 0.5) is 0 Å². The molecular formula is C15H16ClNO3S. The normalized spacial score (nSPS) is 11.4. The summed E-state index contributed by atoms with van der Waals surface area (Å²) in [7, 11) is -2.03. The van der Waals surface area contributed by atoms with Crippen LogP contribution < -0.4 is 9.46 Å². The van der Waals surface area contributed by atoms with Crippen LogP contribution in [0.5, 0.6) is 5.75 Å². The van der Waals surface area contributed by atoms with Gasteiger partial charge in [-0.2, -0.15) is 0 Å². The Morgan fingerprint density at radius 1 is 1.14 bits per heavy atom. The third kappa shape index (κ3) is 3.97. The van der Waals surface area contributed by atoms with Gasteiger partial charge in [0.25, 0.3) is 0 Å². The van der Waals surface area contributed by atoms with E-state index in [9.17, 15) is 8.42 Å². The molecule has 4 nitrogen and oxygen atoms in total. The van der Waals surface area contributed by atoms with Crippen LogP contribution >= 0.6 is 11.6 Å². The number of sulfonamides is 1. The highest BCUT2D eigenvalue weighted by Gasteiger charge is 2.14. The molecule has 2 rings (SSSR count). The van der Waals surface area contributed by atoms with Gasteiger partial charge in [-0.05, 0) is 37.3 Å². The summed E-state index contributed by atoms with van der Waals surface area (Å²) in [5, 5.41) is 0.528. The summed E-state index contributed by atoms with van der Waals surface area (Å²) >= 11 is 5.93. The Morgan fingerprint density at radius 2 is 1.81 bits per heavy atom. The summed E-state index contributed by atoms with van der Waals surface area (Å²) in [6.45, 7) is 2.01. The van der Waals surface area contributed by atoms with E-state index < -0.39 is 10.0 Å². The molecule has 0 spiro atoms. The monoisotopic (exact) mass is 325 g/mol. The van der Waals surface area contributed by atoms with E-state index in [0.717, 1.165) is 5.56 Å². The average molecular weight is 326 g/mol. The second-order valence-corrected chi connectivity index (χ2v) is 6.80. The summed E-state index contributed by atoms with van der Waals surface area (Å²) in [4.78, 5) is 0.231. The van der Waals surface area contributed by atoms with E-state index in [4.69, 9.17) is 16.3 Å². The Morgan fingerprint density at radius 3 is 2.43 bits per heavy atom. The van der Waals surface area contributed by atoms with Crippen molar-refractivity contribution in [2.24, 2.45) is 0 Å². The Kier molecular flexibility index (Phi) is 4.88. The predicted octanol–water partition coefficient (Wildman–Crippen LogP) is 3.14. The fourth-order valence-corrected chi connectivity index (χ4v) is 3.06. The van der Waals surface area contributed by atoms with Crippen molar-refractivity contribution in [3.05, 3.63) is 58.6 Å². The Bertz CT molecular complexity index is 727. The number of nitrogens with one attached hydrogen (secondary N) is 1. The zero-order chi connectivity index (χ0) is 15.5. The lowest BCUT2D eigenvalue weighted by Crippen LogP contribution is -2.23. The molecule has 2 aromatic carbocycles. The van der Waals surface area contributed by atoms with Gasteiger partial charge in [0.15, 0.2) is 0 Å². The first-order valence-electron chi connectivity index (χ1n) is 6.31. The number of rotatable bonds is 5. The molecule has 0 aliphatic rings. The third-order valence-electron chi connectivity index (χ3n) is 3.03. The van der Waals surface area contributed by atoms with Gasteiger partial charge in [0.1, 0.15) is 5.75 Å². The van der Waals surface area contributed by atoms with Crippen LogP contribution in [0.25, 0.3) is 0 Å². The fourth-order valence-electron chi connectivity index (χ4n) is 1.86. The largest absolute Gasteiger partial charge is 0.496 e. The van der Waals surface area contributed by atoms with Crippen LogP contribution in [0.1, 0.15) is 11.1 Å². The summed E-state index contributed by atoms with van der Waals surface area (Å²) in [6.07, 6.45) is 0. The quantitative estimate of drug-likeness (QED) is 0.918. The summed E-state index contributed by atoms with van der Waals surface area (Å²) in [5.74, 6) is 0.589. The van der Waals surface area contributed by atoms with Crippen molar-refractivity contribution >= 4 is 21.6 Å². The minimum atomic E-state index is -3.56. The maximum absolute atomic E-state index is 12.2. The molecule has 0 unspecified atom stereocenters. The molecule has 0 amide bonds. The summed E-state index contributed by atoms with van der Waals surface area (Å²) < 4.78 is 32.2. The number of benzene rings is 2. The molecule has 6 heteroatoms. The SMILES string of the molecule is COc1ccc(Cl)cc1CNS(=O)(=O)c1ccc(C)cc1. The van der Waals surface area contributed by atoms with Crippen molar-refractivity contribution in [1.82, 2.24) is 4.72 Å². The first kappa shape index (κ1) is 15.8. The molecule has 2 aromatic rings. The lowest BCUT2D eigenvalue weighted by atomic mass is 10.2. The highest BCUT2D eigenvalue weighted by molar-refractivity contribution is 7.89. The van der Waals surface area contributed by atoms with Gasteiger partial charge in [-0.3, -0.25) is 0 Å². The third-order valence-corrected chi connectivity index (χ3v) is 4.68. The van der Waals surface area contributed by atoms with Crippen molar-refractivity contribution in [2.45, 2.75) is 18.4 Å². The molecule has 21 heavy (non-hydrogen) atoms. The Hall–Kier alpha value is -1.56. The van der Waals surface area contributed by atoms with Crippen molar-refractivity contribution in [3.8, 4) is 5.75 Å². The number of hydrogen-bond acceptors (Lipinski definition) is 3. The lowest BCUT2D eigenvalue weighted by Gasteiger charge is -2.11. The average Bonchev–Trinajstić information content (AvgIpc) is 2.46. The molecule has 0 aromatic heterocycles. The highest BCUT2D eigenvalue weighted by atomic mass is 35.5. The molecular weight excluding hydrogens is 310 g/mol. The minimum Gasteiger partial charge on any atom is -0.496 e. The van der Waals surface area contributed by atoms with Crippen molar-refractivity contribution < 1.29 is 13.2 Å². The number of halogens is 1. The minimum absolute atomic E-state index is 0.111. The van der Waals surface area contributed by atoms with E-state index in [1.54, 1.807) is 42.5 Å². The van der Waals surface area contributed by atoms with E-state index in [2.05, 4.69) is 4.72 Å². The summed E-state index contributed by atoms with van der Waals surface area (Å²) in [5.41, 5.74) is 1.69. The first-order chi connectivity index (χ1) is 9.92. The molecule has 0 saturated heterocycles. The summed E-state index contributed by atoms with van der Waals surface area (Å²) in [6, 6.07) is 11.7. The van der Waals surface area contributed by atoms with Crippen molar-refractivity contribution in [2.75, 3.05) is 7.11 Å². The van der Waals surface area contributed by atoms with Crippen LogP contribution in [0.3, 0.4) is 0 Å². The predicted molar refractivity (Wildman–Crippen MR) is 83.2 cm³/mol. The van der Waals surface area contributed by atoms with Gasteiger partial charge in [-0.1, -0.05) is 29.3 Å². The van der Waals surface area contributed by atoms with Gasteiger partial charge in [0, 0.05) is 17.1 Å². The van der Waals surface area contributed by atoms with Gasteiger partial charge in [0.2, 0.25) is 10.0 Å². The maximum Gasteiger partial charge on any atom is 0.240 e. The second kappa shape index (κ2) is 6.47. The zero-order valence-electron chi connectivity index (χ0n) is 11.8. The van der Waals surface area contributed by atoms with E-state index in [-0.39, 0.29) is 11.4 Å². The van der Waals surface area contributed by atoms with Crippen LogP contribution in [0, 0.1) is 6.92 Å². The maximum atomic E-state index is 12.2. The van der Waals surface area contributed by atoms with E-state index in [0.29, 0.717) is 16.3 Å². The zero-order valence-corrected chi connectivity index (χ0v) is 13.3. The van der Waals surface area contributed by atoms with Crippen LogP contribution in [-0.2, 0) is 16.6 Å². The topological polar surface area (TPSA) is 55.4 Å². The molecule has 0 heterocycles. The molecule has 0 radical (unpaired) electrons. The fraction of sp³-hybridized carbons (Fsp3) is 0.200. The number of aryl methyl sites for hydroxylation is 1. The van der Waals surface area contributed by atoms with Crippen molar-refractivity contribution in [1.29, 1.82) is 0 Å². The van der Waals surface area contributed by atoms with E-state index >= 15 is 0 Å². The van der Waals surface area contributed by atoms with Crippen LogP contribution in [-0.4, -0.2) is 15.5 Å². The first-order valence-corrected chi connectivity index (χ1v) is 8.17. The molecule has 0 fully saturated rings. The lowest BCUT2D eigenvalue weighted by molar-refractivity contribution is 0.409.